The SMILES string of the molecule is NC(=O)CC#Cc1c(F)c(F)cc(F)c1F. The van der Waals surface area contributed by atoms with Gasteiger partial charge in [-0.3, -0.25) is 4.79 Å². The number of hydrogen-bond donors (Lipinski definition) is 1. The van der Waals surface area contributed by atoms with Crippen molar-refractivity contribution in [3.8, 4) is 11.8 Å². The molecule has 0 fully saturated rings. The minimum absolute atomic E-state index is 0.0733. The first kappa shape index (κ1) is 12.0. The van der Waals surface area contributed by atoms with Crippen LogP contribution in [0.4, 0.5) is 17.6 Å². The topological polar surface area (TPSA) is 43.1 Å². The minimum atomic E-state index is -1.60. The Labute approximate surface area is 88.1 Å². The van der Waals surface area contributed by atoms with E-state index < -0.39 is 41.2 Å². The molecular formula is C10H5F4NO. The number of nitrogens with two attached hydrogens (primary N) is 1. The Morgan fingerprint density at radius 2 is 1.69 bits per heavy atom. The molecule has 1 amide bonds. The van der Waals surface area contributed by atoms with Gasteiger partial charge < -0.3 is 5.73 Å². The molecule has 6 heteroatoms. The van der Waals surface area contributed by atoms with Gasteiger partial charge in [0, 0.05) is 6.07 Å². The molecular weight excluding hydrogens is 226 g/mol. The Hall–Kier alpha value is -2.03. The van der Waals surface area contributed by atoms with Crippen LogP contribution in [0, 0.1) is 35.1 Å². The lowest BCUT2D eigenvalue weighted by molar-refractivity contribution is -0.117. The lowest BCUT2D eigenvalue weighted by atomic mass is 10.2. The van der Waals surface area contributed by atoms with Gasteiger partial charge in [0.1, 0.15) is 5.56 Å². The van der Waals surface area contributed by atoms with E-state index in [0.29, 0.717) is 0 Å². The third kappa shape index (κ3) is 2.51. The molecule has 0 aliphatic heterocycles. The van der Waals surface area contributed by atoms with E-state index in [1.807, 2.05) is 11.8 Å². The highest BCUT2D eigenvalue weighted by atomic mass is 19.2. The van der Waals surface area contributed by atoms with Gasteiger partial charge in [-0.2, -0.15) is 0 Å². The van der Waals surface area contributed by atoms with Crippen LogP contribution in [0.15, 0.2) is 6.07 Å². The van der Waals surface area contributed by atoms with Crippen LogP contribution in [-0.4, -0.2) is 5.91 Å². The molecule has 0 aliphatic carbocycles. The first-order valence-electron chi connectivity index (χ1n) is 4.03. The number of halogens is 4. The zero-order valence-corrected chi connectivity index (χ0v) is 7.78. The Kier molecular flexibility index (Phi) is 3.51. The number of amides is 1. The average Bonchev–Trinajstić information content (AvgIpc) is 2.20. The monoisotopic (exact) mass is 231 g/mol. The van der Waals surface area contributed by atoms with Gasteiger partial charge in [-0.15, -0.1) is 0 Å². The third-order valence-corrected chi connectivity index (χ3v) is 1.59. The van der Waals surface area contributed by atoms with Crippen molar-refractivity contribution >= 4 is 5.91 Å². The molecule has 1 rings (SSSR count). The summed E-state index contributed by atoms with van der Waals surface area (Å²) in [6.07, 6.45) is -0.461. The van der Waals surface area contributed by atoms with Crippen molar-refractivity contribution in [1.82, 2.24) is 0 Å². The highest BCUT2D eigenvalue weighted by Gasteiger charge is 2.17. The molecule has 0 radical (unpaired) electrons. The van der Waals surface area contributed by atoms with E-state index in [1.165, 1.54) is 0 Å². The highest BCUT2D eigenvalue weighted by Crippen LogP contribution is 2.18. The molecule has 0 aromatic heterocycles. The predicted octanol–water partition coefficient (Wildman–Crippen LogP) is 1.47. The van der Waals surface area contributed by atoms with E-state index in [2.05, 4.69) is 0 Å². The van der Waals surface area contributed by atoms with Crippen LogP contribution in [0.25, 0.3) is 0 Å². The zero-order valence-electron chi connectivity index (χ0n) is 7.78. The maximum Gasteiger partial charge on any atom is 0.229 e. The summed E-state index contributed by atoms with van der Waals surface area (Å²) in [7, 11) is 0. The first-order valence-corrected chi connectivity index (χ1v) is 4.03. The molecule has 0 bridgehead atoms. The molecule has 0 heterocycles. The number of primary amides is 1. The van der Waals surface area contributed by atoms with Crippen molar-refractivity contribution in [3.63, 3.8) is 0 Å². The fraction of sp³-hybridized carbons (Fsp3) is 0.100. The van der Waals surface area contributed by atoms with Crippen molar-refractivity contribution in [2.45, 2.75) is 6.42 Å². The standard InChI is InChI=1S/C10H5F4NO/c11-6-4-7(12)10(14)5(9(6)13)2-1-3-8(15)16/h4H,3H2,(H2,15,16). The Bertz CT molecular complexity index is 476. The number of benzene rings is 1. The van der Waals surface area contributed by atoms with Gasteiger partial charge in [0.2, 0.25) is 5.91 Å². The van der Waals surface area contributed by atoms with Gasteiger partial charge in [-0.1, -0.05) is 11.8 Å². The maximum atomic E-state index is 13.0. The summed E-state index contributed by atoms with van der Waals surface area (Å²) >= 11 is 0. The van der Waals surface area contributed by atoms with Crippen molar-refractivity contribution < 1.29 is 22.4 Å². The van der Waals surface area contributed by atoms with E-state index in [4.69, 9.17) is 5.73 Å². The number of carbonyl (C=O) groups excluding carboxylic acids is 1. The maximum absolute atomic E-state index is 13.0. The second-order valence-corrected chi connectivity index (χ2v) is 2.79. The summed E-state index contributed by atoms with van der Waals surface area (Å²) in [5.74, 6) is -3.31. The number of hydrogen-bond acceptors (Lipinski definition) is 1. The van der Waals surface area contributed by atoms with E-state index >= 15 is 0 Å². The van der Waals surface area contributed by atoms with Gasteiger partial charge in [-0.05, 0) is 0 Å². The second-order valence-electron chi connectivity index (χ2n) is 2.79. The summed E-state index contributed by atoms with van der Waals surface area (Å²) in [6, 6.07) is 0.0733. The van der Waals surface area contributed by atoms with Gasteiger partial charge in [0.15, 0.2) is 23.3 Å². The van der Waals surface area contributed by atoms with Crippen LogP contribution in [0.3, 0.4) is 0 Å². The average molecular weight is 231 g/mol. The molecule has 1 aromatic rings. The predicted molar refractivity (Wildman–Crippen MR) is 47.0 cm³/mol. The Balaban J connectivity index is 3.20. The van der Waals surface area contributed by atoms with Crippen molar-refractivity contribution in [1.29, 1.82) is 0 Å². The van der Waals surface area contributed by atoms with Crippen molar-refractivity contribution in [2.24, 2.45) is 5.73 Å². The minimum Gasteiger partial charge on any atom is -0.369 e. The molecule has 0 spiro atoms. The van der Waals surface area contributed by atoms with Gasteiger partial charge in [0.25, 0.3) is 0 Å². The van der Waals surface area contributed by atoms with E-state index in [9.17, 15) is 22.4 Å². The molecule has 16 heavy (non-hydrogen) atoms. The normalized spacial score (nSPS) is 9.50. The first-order chi connectivity index (χ1) is 7.43. The summed E-state index contributed by atoms with van der Waals surface area (Å²) in [6.45, 7) is 0. The summed E-state index contributed by atoms with van der Waals surface area (Å²) in [5, 5.41) is 0. The van der Waals surface area contributed by atoms with E-state index in [0.717, 1.165) is 0 Å². The summed E-state index contributed by atoms with van der Waals surface area (Å²) in [4.78, 5) is 10.3. The molecule has 0 saturated heterocycles. The fourth-order valence-corrected chi connectivity index (χ4v) is 0.903. The zero-order chi connectivity index (χ0) is 12.3. The number of carbonyl (C=O) groups is 1. The van der Waals surface area contributed by atoms with Gasteiger partial charge in [0.05, 0.1) is 6.42 Å². The smallest absolute Gasteiger partial charge is 0.229 e. The van der Waals surface area contributed by atoms with Crippen LogP contribution < -0.4 is 5.73 Å². The van der Waals surface area contributed by atoms with Crippen LogP contribution in [0.1, 0.15) is 12.0 Å². The van der Waals surface area contributed by atoms with Gasteiger partial charge in [-0.25, -0.2) is 17.6 Å². The molecule has 1 aromatic carbocycles. The summed E-state index contributed by atoms with van der Waals surface area (Å²) < 4.78 is 51.3. The number of rotatable bonds is 1. The molecule has 2 N–H and O–H groups in total. The van der Waals surface area contributed by atoms with Crippen LogP contribution in [-0.2, 0) is 4.79 Å². The highest BCUT2D eigenvalue weighted by molar-refractivity contribution is 5.76. The van der Waals surface area contributed by atoms with Crippen molar-refractivity contribution in [3.05, 3.63) is 34.9 Å². The largest absolute Gasteiger partial charge is 0.369 e. The molecule has 0 aliphatic rings. The molecule has 2 nitrogen and oxygen atoms in total. The van der Waals surface area contributed by atoms with Crippen molar-refractivity contribution in [2.75, 3.05) is 0 Å². The van der Waals surface area contributed by atoms with Crippen LogP contribution in [0.5, 0.6) is 0 Å². The third-order valence-electron chi connectivity index (χ3n) is 1.59. The van der Waals surface area contributed by atoms with E-state index in [1.54, 1.807) is 0 Å². The molecule has 0 atom stereocenters. The molecule has 0 unspecified atom stereocenters. The van der Waals surface area contributed by atoms with Gasteiger partial charge >= 0.3 is 0 Å². The Morgan fingerprint density at radius 1 is 1.19 bits per heavy atom. The lowest BCUT2D eigenvalue weighted by Gasteiger charge is -1.99. The molecule has 0 saturated carbocycles. The van der Waals surface area contributed by atoms with Crippen LogP contribution in [0.2, 0.25) is 0 Å². The fourth-order valence-electron chi connectivity index (χ4n) is 0.903. The Morgan fingerprint density at radius 3 is 2.12 bits per heavy atom. The van der Waals surface area contributed by atoms with E-state index in [-0.39, 0.29) is 6.07 Å². The molecule has 84 valence electrons. The second kappa shape index (κ2) is 4.66. The van der Waals surface area contributed by atoms with Crippen LogP contribution >= 0.6 is 0 Å². The quantitative estimate of drug-likeness (QED) is 0.444. The summed E-state index contributed by atoms with van der Waals surface area (Å²) in [5.41, 5.74) is 3.66. The lowest BCUT2D eigenvalue weighted by Crippen LogP contribution is -2.08.